The average Bonchev–Trinajstić information content (AvgIpc) is 2.71. The fourth-order valence-electron chi connectivity index (χ4n) is 1.55. The van der Waals surface area contributed by atoms with Crippen molar-refractivity contribution in [2.24, 2.45) is 5.73 Å². The Morgan fingerprint density at radius 2 is 2.06 bits per heavy atom. The molecule has 0 aliphatic carbocycles. The number of hydrogen-bond acceptors (Lipinski definition) is 4. The van der Waals surface area contributed by atoms with Crippen LogP contribution in [0.1, 0.15) is 25.4 Å². The summed E-state index contributed by atoms with van der Waals surface area (Å²) in [7, 11) is 1.72. The van der Waals surface area contributed by atoms with E-state index in [-0.39, 0.29) is 0 Å². The van der Waals surface area contributed by atoms with Gasteiger partial charge in [0.05, 0.1) is 19.7 Å². The van der Waals surface area contributed by atoms with Crippen molar-refractivity contribution in [2.75, 3.05) is 20.3 Å². The van der Waals surface area contributed by atoms with E-state index >= 15 is 0 Å². The van der Waals surface area contributed by atoms with Crippen LogP contribution >= 0.6 is 0 Å². The van der Waals surface area contributed by atoms with Crippen LogP contribution < -0.4 is 5.73 Å². The largest absolute Gasteiger partial charge is 0.463 e. The minimum atomic E-state index is 0.458. The second-order valence-corrected chi connectivity index (χ2v) is 4.13. The highest BCUT2D eigenvalue weighted by molar-refractivity contribution is 5.06. The fourth-order valence-corrected chi connectivity index (χ4v) is 1.55. The Labute approximate surface area is 97.4 Å². The first-order chi connectivity index (χ1) is 7.67. The average molecular weight is 226 g/mol. The van der Waals surface area contributed by atoms with Gasteiger partial charge in [-0.15, -0.1) is 0 Å². The summed E-state index contributed by atoms with van der Waals surface area (Å²) in [4.78, 5) is 2.31. The number of nitrogens with two attached hydrogens (primary N) is 1. The van der Waals surface area contributed by atoms with Gasteiger partial charge < -0.3 is 14.9 Å². The van der Waals surface area contributed by atoms with Crippen LogP contribution in [0.15, 0.2) is 16.5 Å². The molecule has 1 heterocycles. The molecule has 0 aromatic carbocycles. The first kappa shape index (κ1) is 13.2. The normalized spacial score (nSPS) is 11.6. The van der Waals surface area contributed by atoms with Gasteiger partial charge in [0.15, 0.2) is 0 Å². The molecule has 0 aliphatic rings. The van der Waals surface area contributed by atoms with Gasteiger partial charge in [-0.05, 0) is 26.0 Å². The molecule has 0 unspecified atom stereocenters. The summed E-state index contributed by atoms with van der Waals surface area (Å²) in [5.41, 5.74) is 5.51. The van der Waals surface area contributed by atoms with E-state index in [1.807, 2.05) is 12.1 Å². The molecule has 4 heteroatoms. The van der Waals surface area contributed by atoms with Gasteiger partial charge in [0.1, 0.15) is 11.5 Å². The van der Waals surface area contributed by atoms with Crippen molar-refractivity contribution in [1.29, 1.82) is 0 Å². The molecule has 4 nitrogen and oxygen atoms in total. The zero-order chi connectivity index (χ0) is 12.0. The van der Waals surface area contributed by atoms with E-state index in [9.17, 15) is 0 Å². The van der Waals surface area contributed by atoms with Crippen LogP contribution in [0.4, 0.5) is 0 Å². The summed E-state index contributed by atoms with van der Waals surface area (Å²) >= 11 is 0. The summed E-state index contributed by atoms with van der Waals surface area (Å²) in [6.45, 7) is 7.25. The molecule has 0 saturated heterocycles. The first-order valence-corrected chi connectivity index (χ1v) is 5.68. The summed E-state index contributed by atoms with van der Waals surface area (Å²) in [5, 5.41) is 0. The molecule has 0 saturated carbocycles. The highest BCUT2D eigenvalue weighted by Crippen LogP contribution is 2.12. The van der Waals surface area contributed by atoms with E-state index < -0.39 is 0 Å². The van der Waals surface area contributed by atoms with E-state index in [1.54, 1.807) is 7.11 Å². The Morgan fingerprint density at radius 3 is 2.56 bits per heavy atom. The molecule has 1 rings (SSSR count). The molecule has 0 bridgehead atoms. The van der Waals surface area contributed by atoms with Gasteiger partial charge in [0, 0.05) is 19.7 Å². The van der Waals surface area contributed by atoms with Gasteiger partial charge >= 0.3 is 0 Å². The van der Waals surface area contributed by atoms with E-state index in [0.29, 0.717) is 12.6 Å². The van der Waals surface area contributed by atoms with Gasteiger partial charge in [0.2, 0.25) is 0 Å². The molecule has 0 atom stereocenters. The standard InChI is InChI=1S/C12H22N2O2/c1-10(2)14(6-7-15-3)9-12-5-4-11(8-13)16-12/h4-5,10H,6-9,13H2,1-3H3. The monoisotopic (exact) mass is 226 g/mol. The lowest BCUT2D eigenvalue weighted by atomic mass is 10.3. The topological polar surface area (TPSA) is 51.6 Å². The third-order valence-corrected chi connectivity index (χ3v) is 2.59. The van der Waals surface area contributed by atoms with Crippen LogP contribution in [0.2, 0.25) is 0 Å². The highest BCUT2D eigenvalue weighted by Gasteiger charge is 2.11. The Kier molecular flexibility index (Phi) is 5.52. The Balaban J connectivity index is 2.53. The summed E-state index contributed by atoms with van der Waals surface area (Å²) in [6.07, 6.45) is 0. The molecule has 1 aromatic heterocycles. The molecule has 0 aliphatic heterocycles. The van der Waals surface area contributed by atoms with Crippen molar-refractivity contribution >= 4 is 0 Å². The maximum atomic E-state index is 5.59. The van der Waals surface area contributed by atoms with Crippen molar-refractivity contribution in [3.05, 3.63) is 23.7 Å². The second-order valence-electron chi connectivity index (χ2n) is 4.13. The van der Waals surface area contributed by atoms with Crippen molar-refractivity contribution in [3.63, 3.8) is 0 Å². The molecule has 0 fully saturated rings. The predicted molar refractivity (Wildman–Crippen MR) is 64.0 cm³/mol. The van der Waals surface area contributed by atoms with Gasteiger partial charge in [-0.1, -0.05) is 0 Å². The molecule has 16 heavy (non-hydrogen) atoms. The Morgan fingerprint density at radius 1 is 1.38 bits per heavy atom. The predicted octanol–water partition coefficient (Wildman–Crippen LogP) is 1.60. The maximum Gasteiger partial charge on any atom is 0.118 e. The first-order valence-electron chi connectivity index (χ1n) is 5.68. The summed E-state index contributed by atoms with van der Waals surface area (Å²) in [5.74, 6) is 1.80. The zero-order valence-electron chi connectivity index (χ0n) is 10.4. The lowest BCUT2D eigenvalue weighted by Crippen LogP contribution is -2.33. The third-order valence-electron chi connectivity index (χ3n) is 2.59. The number of hydrogen-bond donors (Lipinski definition) is 1. The van der Waals surface area contributed by atoms with Crippen LogP contribution in [-0.4, -0.2) is 31.2 Å². The summed E-state index contributed by atoms with van der Waals surface area (Å²) < 4.78 is 10.7. The van der Waals surface area contributed by atoms with Gasteiger partial charge in [0.25, 0.3) is 0 Å². The van der Waals surface area contributed by atoms with Crippen LogP contribution in [0.25, 0.3) is 0 Å². The molecule has 2 N–H and O–H groups in total. The maximum absolute atomic E-state index is 5.59. The smallest absolute Gasteiger partial charge is 0.118 e. The molecular formula is C12H22N2O2. The third kappa shape index (κ3) is 3.96. The van der Waals surface area contributed by atoms with Crippen LogP contribution in [0, 0.1) is 0 Å². The minimum absolute atomic E-state index is 0.458. The SMILES string of the molecule is COCCN(Cc1ccc(CN)o1)C(C)C. The fraction of sp³-hybridized carbons (Fsp3) is 0.667. The number of furan rings is 1. The number of nitrogens with zero attached hydrogens (tertiary/aromatic N) is 1. The molecule has 0 radical (unpaired) electrons. The van der Waals surface area contributed by atoms with E-state index in [4.69, 9.17) is 14.9 Å². The van der Waals surface area contributed by atoms with E-state index in [1.165, 1.54) is 0 Å². The van der Waals surface area contributed by atoms with E-state index in [0.717, 1.165) is 31.2 Å². The molecule has 92 valence electrons. The lowest BCUT2D eigenvalue weighted by molar-refractivity contribution is 0.119. The Bertz CT molecular complexity index is 297. The number of rotatable bonds is 7. The number of ether oxygens (including phenoxy) is 1. The molecule has 0 amide bonds. The van der Waals surface area contributed by atoms with Gasteiger partial charge in [-0.3, -0.25) is 4.90 Å². The molecule has 1 aromatic rings. The van der Waals surface area contributed by atoms with Crippen molar-refractivity contribution in [3.8, 4) is 0 Å². The summed E-state index contributed by atoms with van der Waals surface area (Å²) in [6, 6.07) is 4.40. The van der Waals surface area contributed by atoms with Crippen LogP contribution in [0.5, 0.6) is 0 Å². The van der Waals surface area contributed by atoms with Gasteiger partial charge in [-0.25, -0.2) is 0 Å². The van der Waals surface area contributed by atoms with Crippen molar-refractivity contribution in [2.45, 2.75) is 33.0 Å². The number of methoxy groups -OCH3 is 1. The zero-order valence-corrected chi connectivity index (χ0v) is 10.4. The van der Waals surface area contributed by atoms with Crippen LogP contribution in [-0.2, 0) is 17.8 Å². The van der Waals surface area contributed by atoms with Crippen molar-refractivity contribution < 1.29 is 9.15 Å². The Hall–Kier alpha value is -0.840. The molecular weight excluding hydrogens is 204 g/mol. The van der Waals surface area contributed by atoms with Gasteiger partial charge in [-0.2, -0.15) is 0 Å². The highest BCUT2D eigenvalue weighted by atomic mass is 16.5. The lowest BCUT2D eigenvalue weighted by Gasteiger charge is -2.24. The van der Waals surface area contributed by atoms with Crippen LogP contribution in [0.3, 0.4) is 0 Å². The van der Waals surface area contributed by atoms with E-state index in [2.05, 4.69) is 18.7 Å². The quantitative estimate of drug-likeness (QED) is 0.767. The minimum Gasteiger partial charge on any atom is -0.463 e. The van der Waals surface area contributed by atoms with Crippen molar-refractivity contribution in [1.82, 2.24) is 4.90 Å². The molecule has 0 spiro atoms. The second kappa shape index (κ2) is 6.68.